The highest BCUT2D eigenvalue weighted by molar-refractivity contribution is 7.98. The Morgan fingerprint density at radius 1 is 1.11 bits per heavy atom. The summed E-state index contributed by atoms with van der Waals surface area (Å²) >= 11 is 1.55. The van der Waals surface area contributed by atoms with Crippen LogP contribution < -0.4 is 5.32 Å². The molecule has 0 aliphatic rings. The highest BCUT2D eigenvalue weighted by Gasteiger charge is 2.15. The molecule has 28 heavy (non-hydrogen) atoms. The third kappa shape index (κ3) is 4.61. The van der Waals surface area contributed by atoms with Crippen molar-refractivity contribution >= 4 is 29.3 Å². The molecular formula is C21H22N4O2S. The normalized spacial score (nSPS) is 10.5. The van der Waals surface area contributed by atoms with Crippen molar-refractivity contribution in [3.8, 4) is 5.69 Å². The zero-order valence-electron chi connectivity index (χ0n) is 16.0. The predicted octanol–water partition coefficient (Wildman–Crippen LogP) is 3.61. The summed E-state index contributed by atoms with van der Waals surface area (Å²) in [5, 5.41) is 3.68. The van der Waals surface area contributed by atoms with Crippen molar-refractivity contribution in [2.75, 3.05) is 25.2 Å². The molecule has 3 rings (SSSR count). The van der Waals surface area contributed by atoms with Crippen LogP contribution in [0.15, 0.2) is 66.1 Å². The number of nitrogens with zero attached hydrogens (tertiary/aromatic N) is 3. The van der Waals surface area contributed by atoms with Crippen molar-refractivity contribution in [3.05, 3.63) is 72.1 Å². The molecule has 0 aliphatic carbocycles. The molecule has 0 saturated carbocycles. The molecule has 0 spiro atoms. The largest absolute Gasteiger partial charge is 0.332 e. The fourth-order valence-electron chi connectivity index (χ4n) is 2.75. The lowest BCUT2D eigenvalue weighted by Crippen LogP contribution is -2.34. The maximum atomic E-state index is 12.6. The summed E-state index contributed by atoms with van der Waals surface area (Å²) in [4.78, 5) is 30.5. The average Bonchev–Trinajstić information content (AvgIpc) is 3.18. The number of nitrogens with one attached hydrogen (secondary N) is 1. The van der Waals surface area contributed by atoms with Gasteiger partial charge in [0, 0.05) is 36.4 Å². The van der Waals surface area contributed by atoms with Crippen LogP contribution in [0.1, 0.15) is 15.9 Å². The third-order valence-electron chi connectivity index (χ3n) is 4.24. The minimum atomic E-state index is -0.237. The fraction of sp³-hybridized carbons (Fsp3) is 0.190. The molecule has 0 atom stereocenters. The van der Waals surface area contributed by atoms with Gasteiger partial charge in [0.25, 0.3) is 5.91 Å². The molecule has 3 aromatic rings. The first-order chi connectivity index (χ1) is 13.5. The van der Waals surface area contributed by atoms with Gasteiger partial charge in [-0.3, -0.25) is 14.2 Å². The highest BCUT2D eigenvalue weighted by atomic mass is 32.2. The Morgan fingerprint density at radius 3 is 2.43 bits per heavy atom. The first kappa shape index (κ1) is 19.7. The lowest BCUT2D eigenvalue weighted by molar-refractivity contribution is -0.116. The van der Waals surface area contributed by atoms with E-state index in [2.05, 4.69) is 10.3 Å². The quantitative estimate of drug-likeness (QED) is 0.649. The Kier molecular flexibility index (Phi) is 6.16. The minimum absolute atomic E-state index is 0.0212. The molecule has 1 N–H and O–H groups in total. The number of amides is 2. The van der Waals surface area contributed by atoms with Crippen molar-refractivity contribution in [2.45, 2.75) is 12.1 Å². The number of aryl methyl sites for hydroxylation is 1. The number of rotatable bonds is 6. The second-order valence-corrected chi connectivity index (χ2v) is 7.18. The first-order valence-electron chi connectivity index (χ1n) is 8.77. The molecule has 0 saturated heterocycles. The van der Waals surface area contributed by atoms with E-state index in [1.807, 2.05) is 60.3 Å². The number of benzene rings is 2. The SMILES string of the molecule is CSc1nccn1-c1ccc(C(=O)N(C)CC(=O)Nc2ccc(C)cc2)cc1. The number of anilines is 1. The van der Waals surface area contributed by atoms with E-state index in [-0.39, 0.29) is 18.4 Å². The molecule has 0 bridgehead atoms. The fourth-order valence-corrected chi connectivity index (χ4v) is 3.28. The van der Waals surface area contributed by atoms with Crippen molar-refractivity contribution in [3.63, 3.8) is 0 Å². The van der Waals surface area contributed by atoms with Crippen LogP contribution in [-0.2, 0) is 4.79 Å². The number of imidazole rings is 1. The van der Waals surface area contributed by atoms with Gasteiger partial charge in [-0.15, -0.1) is 0 Å². The van der Waals surface area contributed by atoms with Gasteiger partial charge < -0.3 is 10.2 Å². The third-order valence-corrected chi connectivity index (χ3v) is 4.91. The zero-order chi connectivity index (χ0) is 20.1. The second-order valence-electron chi connectivity index (χ2n) is 6.41. The summed E-state index contributed by atoms with van der Waals surface area (Å²) in [5.74, 6) is -0.444. The van der Waals surface area contributed by atoms with Gasteiger partial charge in [0.2, 0.25) is 5.91 Å². The number of aromatic nitrogens is 2. The standard InChI is InChI=1S/C21H22N4O2S/c1-15-4-8-17(9-5-15)23-19(26)14-24(2)20(27)16-6-10-18(11-7-16)25-13-12-22-21(25)28-3/h4-13H,14H2,1-3H3,(H,23,26). The summed E-state index contributed by atoms with van der Waals surface area (Å²) in [6.45, 7) is 1.96. The Hall–Kier alpha value is -3.06. The molecule has 1 heterocycles. The number of carbonyl (C=O) groups excluding carboxylic acids is 2. The molecule has 7 heteroatoms. The Morgan fingerprint density at radius 2 is 1.79 bits per heavy atom. The van der Waals surface area contributed by atoms with Crippen LogP contribution in [0.4, 0.5) is 5.69 Å². The van der Waals surface area contributed by atoms with Crippen molar-refractivity contribution in [1.82, 2.24) is 14.5 Å². The molecule has 2 aromatic carbocycles. The van der Waals surface area contributed by atoms with Crippen LogP contribution in [0.5, 0.6) is 0 Å². The van der Waals surface area contributed by atoms with Gasteiger partial charge in [-0.1, -0.05) is 29.5 Å². The van der Waals surface area contributed by atoms with E-state index >= 15 is 0 Å². The van der Waals surface area contributed by atoms with Crippen LogP contribution in [-0.4, -0.2) is 46.1 Å². The van der Waals surface area contributed by atoms with Gasteiger partial charge in [0.15, 0.2) is 5.16 Å². The van der Waals surface area contributed by atoms with Crippen molar-refractivity contribution in [1.29, 1.82) is 0 Å². The summed E-state index contributed by atoms with van der Waals surface area (Å²) < 4.78 is 1.96. The van der Waals surface area contributed by atoms with Gasteiger partial charge in [-0.25, -0.2) is 4.98 Å². The van der Waals surface area contributed by atoms with E-state index in [9.17, 15) is 9.59 Å². The summed E-state index contributed by atoms with van der Waals surface area (Å²) in [7, 11) is 1.62. The minimum Gasteiger partial charge on any atom is -0.332 e. The topological polar surface area (TPSA) is 67.2 Å². The Labute approximate surface area is 168 Å². The van der Waals surface area contributed by atoms with Gasteiger partial charge in [0.05, 0.1) is 6.54 Å². The monoisotopic (exact) mass is 394 g/mol. The maximum Gasteiger partial charge on any atom is 0.254 e. The predicted molar refractivity (Wildman–Crippen MR) is 112 cm³/mol. The van der Waals surface area contributed by atoms with Gasteiger partial charge in [-0.05, 0) is 49.6 Å². The van der Waals surface area contributed by atoms with E-state index in [4.69, 9.17) is 0 Å². The Bertz CT molecular complexity index is 965. The highest BCUT2D eigenvalue weighted by Crippen LogP contribution is 2.19. The summed E-state index contributed by atoms with van der Waals surface area (Å²) in [5.41, 5.74) is 3.29. The molecule has 144 valence electrons. The van der Waals surface area contributed by atoms with Crippen molar-refractivity contribution < 1.29 is 9.59 Å². The van der Waals surface area contributed by atoms with Crippen LogP contribution in [0.3, 0.4) is 0 Å². The molecule has 0 fully saturated rings. The lowest BCUT2D eigenvalue weighted by atomic mass is 10.2. The van der Waals surface area contributed by atoms with Crippen LogP contribution >= 0.6 is 11.8 Å². The molecule has 1 aromatic heterocycles. The van der Waals surface area contributed by atoms with Gasteiger partial charge >= 0.3 is 0 Å². The number of hydrogen-bond donors (Lipinski definition) is 1. The number of thioether (sulfide) groups is 1. The van der Waals surface area contributed by atoms with E-state index in [0.717, 1.165) is 16.4 Å². The van der Waals surface area contributed by atoms with Crippen LogP contribution in [0.25, 0.3) is 5.69 Å². The van der Waals surface area contributed by atoms with E-state index in [1.54, 1.807) is 37.1 Å². The van der Waals surface area contributed by atoms with Gasteiger partial charge in [0.1, 0.15) is 0 Å². The van der Waals surface area contributed by atoms with Crippen LogP contribution in [0, 0.1) is 6.92 Å². The summed E-state index contributed by atoms with van der Waals surface area (Å²) in [6, 6.07) is 14.8. The number of likely N-dealkylation sites (N-methyl/N-ethyl adjacent to an activating group) is 1. The van der Waals surface area contributed by atoms with E-state index in [1.165, 1.54) is 4.90 Å². The average molecular weight is 395 g/mol. The maximum absolute atomic E-state index is 12.6. The van der Waals surface area contributed by atoms with Crippen molar-refractivity contribution in [2.24, 2.45) is 0 Å². The molecule has 0 radical (unpaired) electrons. The Balaban J connectivity index is 1.62. The first-order valence-corrected chi connectivity index (χ1v) is 10.00. The number of hydrogen-bond acceptors (Lipinski definition) is 4. The van der Waals surface area contributed by atoms with Gasteiger partial charge in [-0.2, -0.15) is 0 Å². The van der Waals surface area contributed by atoms with E-state index < -0.39 is 0 Å². The molecular weight excluding hydrogens is 372 g/mol. The number of carbonyl (C=O) groups is 2. The molecule has 0 aliphatic heterocycles. The second kappa shape index (κ2) is 8.75. The molecule has 0 unspecified atom stereocenters. The van der Waals surface area contributed by atoms with E-state index in [0.29, 0.717) is 11.3 Å². The lowest BCUT2D eigenvalue weighted by Gasteiger charge is -2.17. The molecule has 2 amide bonds. The summed E-state index contributed by atoms with van der Waals surface area (Å²) in [6.07, 6.45) is 5.59. The smallest absolute Gasteiger partial charge is 0.254 e. The molecule has 6 nitrogen and oxygen atoms in total. The van der Waals surface area contributed by atoms with Crippen LogP contribution in [0.2, 0.25) is 0 Å². The zero-order valence-corrected chi connectivity index (χ0v) is 16.9.